The van der Waals surface area contributed by atoms with Crippen molar-refractivity contribution < 1.29 is 4.79 Å². The Morgan fingerprint density at radius 3 is 2.71 bits per heavy atom. The Morgan fingerprint density at radius 1 is 1.36 bits per heavy atom. The van der Waals surface area contributed by atoms with Crippen LogP contribution in [0.25, 0.3) is 6.08 Å². The molecule has 0 atom stereocenters. The first-order valence-corrected chi connectivity index (χ1v) is 4.50. The van der Waals surface area contributed by atoms with Crippen LogP contribution in [0.5, 0.6) is 0 Å². The van der Waals surface area contributed by atoms with Crippen LogP contribution in [-0.2, 0) is 4.79 Å². The van der Waals surface area contributed by atoms with Crippen molar-refractivity contribution in [3.05, 3.63) is 42.0 Å². The number of nitrogens with one attached hydrogen (secondary N) is 2. The van der Waals surface area contributed by atoms with Gasteiger partial charge in [0.2, 0.25) is 5.91 Å². The Hall–Kier alpha value is -1.61. The summed E-state index contributed by atoms with van der Waals surface area (Å²) in [6.45, 7) is 2.09. The predicted octanol–water partition coefficient (Wildman–Crippen LogP) is 1.34. The van der Waals surface area contributed by atoms with Crippen LogP contribution < -0.4 is 10.9 Å². The zero-order valence-electron chi connectivity index (χ0n) is 8.16. The van der Waals surface area contributed by atoms with Crippen LogP contribution in [0, 0.1) is 0 Å². The van der Waals surface area contributed by atoms with Gasteiger partial charge in [-0.2, -0.15) is 0 Å². The van der Waals surface area contributed by atoms with Gasteiger partial charge < -0.3 is 0 Å². The molecule has 0 fully saturated rings. The molecule has 0 aliphatic rings. The highest BCUT2D eigenvalue weighted by molar-refractivity contribution is 5.72. The predicted molar refractivity (Wildman–Crippen MR) is 57.3 cm³/mol. The molecule has 0 aliphatic heterocycles. The summed E-state index contributed by atoms with van der Waals surface area (Å²) >= 11 is 0. The van der Waals surface area contributed by atoms with E-state index in [1.165, 1.54) is 6.92 Å². The van der Waals surface area contributed by atoms with Crippen molar-refractivity contribution in [2.45, 2.75) is 6.92 Å². The number of hydrogen-bond acceptors (Lipinski definition) is 2. The van der Waals surface area contributed by atoms with Crippen LogP contribution in [0.4, 0.5) is 0 Å². The molecule has 2 N–H and O–H groups in total. The lowest BCUT2D eigenvalue weighted by molar-refractivity contribution is -0.119. The SMILES string of the molecule is CC(=O)NNC/C=C\c1ccccc1. The monoisotopic (exact) mass is 190 g/mol. The first-order chi connectivity index (χ1) is 6.79. The van der Waals surface area contributed by atoms with Crippen LogP contribution >= 0.6 is 0 Å². The normalized spacial score (nSPS) is 10.4. The zero-order chi connectivity index (χ0) is 10.2. The van der Waals surface area contributed by atoms with Crippen LogP contribution in [0.15, 0.2) is 36.4 Å². The lowest BCUT2D eigenvalue weighted by Gasteiger charge is -1.99. The Balaban J connectivity index is 2.25. The van der Waals surface area contributed by atoms with Gasteiger partial charge in [-0.05, 0) is 5.56 Å². The highest BCUT2D eigenvalue weighted by Gasteiger charge is 1.85. The minimum absolute atomic E-state index is 0.0851. The van der Waals surface area contributed by atoms with Gasteiger partial charge in [-0.1, -0.05) is 42.5 Å². The van der Waals surface area contributed by atoms with Crippen LogP contribution in [0.3, 0.4) is 0 Å². The Labute approximate surface area is 83.8 Å². The number of rotatable bonds is 4. The van der Waals surface area contributed by atoms with Gasteiger partial charge in [-0.3, -0.25) is 10.2 Å². The van der Waals surface area contributed by atoms with Gasteiger partial charge in [0.25, 0.3) is 0 Å². The molecule has 1 rings (SSSR count). The summed E-state index contributed by atoms with van der Waals surface area (Å²) in [5.74, 6) is -0.0851. The molecule has 0 unspecified atom stereocenters. The maximum absolute atomic E-state index is 10.5. The number of benzene rings is 1. The van der Waals surface area contributed by atoms with Gasteiger partial charge in [-0.25, -0.2) is 5.43 Å². The Kier molecular flexibility index (Phi) is 4.44. The number of hydrazine groups is 1. The number of hydrogen-bond donors (Lipinski definition) is 2. The topological polar surface area (TPSA) is 41.1 Å². The standard InChI is InChI=1S/C11H14N2O/c1-10(14)13-12-9-5-8-11-6-3-2-4-7-11/h2-8,12H,9H2,1H3,(H,13,14)/b8-5-. The first-order valence-electron chi connectivity index (χ1n) is 4.50. The lowest BCUT2D eigenvalue weighted by atomic mass is 10.2. The van der Waals surface area contributed by atoms with Crippen LogP contribution in [0.1, 0.15) is 12.5 Å². The molecule has 0 heterocycles. The van der Waals surface area contributed by atoms with Gasteiger partial charge in [0, 0.05) is 13.5 Å². The maximum Gasteiger partial charge on any atom is 0.230 e. The van der Waals surface area contributed by atoms with Gasteiger partial charge in [0.05, 0.1) is 0 Å². The average molecular weight is 190 g/mol. The van der Waals surface area contributed by atoms with Gasteiger partial charge in [0.15, 0.2) is 0 Å². The molecule has 3 nitrogen and oxygen atoms in total. The largest absolute Gasteiger partial charge is 0.292 e. The smallest absolute Gasteiger partial charge is 0.230 e. The fourth-order valence-electron chi connectivity index (χ4n) is 0.994. The van der Waals surface area contributed by atoms with Crippen molar-refractivity contribution in [1.29, 1.82) is 0 Å². The molecule has 0 bridgehead atoms. The molecule has 1 amide bonds. The third-order valence-electron chi connectivity index (χ3n) is 1.59. The molecule has 3 heteroatoms. The Morgan fingerprint density at radius 2 is 2.07 bits per heavy atom. The van der Waals surface area contributed by atoms with E-state index in [1.807, 2.05) is 42.5 Å². The summed E-state index contributed by atoms with van der Waals surface area (Å²) in [6, 6.07) is 10.00. The summed E-state index contributed by atoms with van der Waals surface area (Å²) in [6.07, 6.45) is 3.94. The second-order valence-corrected chi connectivity index (χ2v) is 2.88. The van der Waals surface area contributed by atoms with E-state index < -0.39 is 0 Å². The molecule has 1 aromatic carbocycles. The van der Waals surface area contributed by atoms with E-state index in [1.54, 1.807) is 0 Å². The van der Waals surface area contributed by atoms with E-state index in [-0.39, 0.29) is 5.91 Å². The molecular weight excluding hydrogens is 176 g/mol. The second kappa shape index (κ2) is 5.94. The molecule has 14 heavy (non-hydrogen) atoms. The molecule has 0 radical (unpaired) electrons. The lowest BCUT2D eigenvalue weighted by Crippen LogP contribution is -2.35. The van der Waals surface area contributed by atoms with Crippen molar-refractivity contribution in [2.75, 3.05) is 6.54 Å². The second-order valence-electron chi connectivity index (χ2n) is 2.88. The average Bonchev–Trinajstić information content (AvgIpc) is 2.18. The molecular formula is C11H14N2O. The van der Waals surface area contributed by atoms with Crippen molar-refractivity contribution in [2.24, 2.45) is 0 Å². The third kappa shape index (κ3) is 4.42. The summed E-state index contributed by atoms with van der Waals surface area (Å²) in [4.78, 5) is 10.5. The van der Waals surface area contributed by atoms with E-state index >= 15 is 0 Å². The summed E-state index contributed by atoms with van der Waals surface area (Å²) in [5, 5.41) is 0. The molecule has 0 saturated heterocycles. The first kappa shape index (κ1) is 10.5. The van der Waals surface area contributed by atoms with E-state index in [4.69, 9.17) is 0 Å². The van der Waals surface area contributed by atoms with E-state index in [2.05, 4.69) is 10.9 Å². The fraction of sp³-hybridized carbons (Fsp3) is 0.182. The minimum atomic E-state index is -0.0851. The quantitative estimate of drug-likeness (QED) is 0.555. The highest BCUT2D eigenvalue weighted by Crippen LogP contribution is 1.99. The van der Waals surface area contributed by atoms with Crippen LogP contribution in [0.2, 0.25) is 0 Å². The van der Waals surface area contributed by atoms with E-state index in [0.29, 0.717) is 6.54 Å². The number of amides is 1. The van der Waals surface area contributed by atoms with Crippen molar-refractivity contribution in [1.82, 2.24) is 10.9 Å². The van der Waals surface area contributed by atoms with Crippen molar-refractivity contribution in [3.8, 4) is 0 Å². The van der Waals surface area contributed by atoms with E-state index in [0.717, 1.165) is 5.56 Å². The van der Waals surface area contributed by atoms with E-state index in [9.17, 15) is 4.79 Å². The van der Waals surface area contributed by atoms with Gasteiger partial charge in [-0.15, -0.1) is 0 Å². The fourth-order valence-corrected chi connectivity index (χ4v) is 0.994. The molecule has 0 saturated carbocycles. The van der Waals surface area contributed by atoms with Crippen LogP contribution in [-0.4, -0.2) is 12.5 Å². The van der Waals surface area contributed by atoms with Crippen molar-refractivity contribution in [3.63, 3.8) is 0 Å². The summed E-state index contributed by atoms with van der Waals surface area (Å²) in [5.41, 5.74) is 6.41. The number of carbonyl (C=O) groups is 1. The molecule has 0 aromatic heterocycles. The summed E-state index contributed by atoms with van der Waals surface area (Å²) in [7, 11) is 0. The molecule has 74 valence electrons. The molecule has 0 aliphatic carbocycles. The molecule has 1 aromatic rings. The van der Waals surface area contributed by atoms with Gasteiger partial charge in [0.1, 0.15) is 0 Å². The molecule has 0 spiro atoms. The minimum Gasteiger partial charge on any atom is -0.292 e. The van der Waals surface area contributed by atoms with Crippen molar-refractivity contribution >= 4 is 12.0 Å². The maximum atomic E-state index is 10.5. The van der Waals surface area contributed by atoms with Gasteiger partial charge >= 0.3 is 0 Å². The third-order valence-corrected chi connectivity index (χ3v) is 1.59. The Bertz CT molecular complexity index is 306. The zero-order valence-corrected chi connectivity index (χ0v) is 8.16. The number of carbonyl (C=O) groups excluding carboxylic acids is 1. The highest BCUT2D eigenvalue weighted by atomic mass is 16.2. The summed E-state index contributed by atoms with van der Waals surface area (Å²) < 4.78 is 0.